The second kappa shape index (κ2) is 8.36. The molecule has 152 valence electrons. The summed E-state index contributed by atoms with van der Waals surface area (Å²) >= 11 is 0. The molecule has 0 aromatic heterocycles. The summed E-state index contributed by atoms with van der Waals surface area (Å²) in [7, 11) is 0. The van der Waals surface area contributed by atoms with Gasteiger partial charge in [-0.25, -0.2) is 4.79 Å². The molecule has 2 heterocycles. The number of alkyl carbamates (subject to hydrolysis) is 1. The van der Waals surface area contributed by atoms with E-state index in [1.54, 1.807) is 19.1 Å². The highest BCUT2D eigenvalue weighted by molar-refractivity contribution is 5.67. The Labute approximate surface area is 168 Å². The van der Waals surface area contributed by atoms with E-state index in [1.165, 1.54) is 4.81 Å². The number of carbonyl (C=O) groups is 1. The van der Waals surface area contributed by atoms with E-state index in [1.807, 2.05) is 47.5 Å². The number of rotatable bonds is 5. The zero-order valence-corrected chi connectivity index (χ0v) is 16.1. The summed E-state index contributed by atoms with van der Waals surface area (Å²) in [6.07, 6.45) is -0.679. The lowest BCUT2D eigenvalue weighted by Gasteiger charge is -2.29. The van der Waals surface area contributed by atoms with Crippen LogP contribution in [0.3, 0.4) is 0 Å². The van der Waals surface area contributed by atoms with E-state index >= 15 is 0 Å². The standard InChI is InChI=1S/C20H22N4O5/c1-2-27-19(25)21-20(28-17-10-6-7-11-18(17)29-20)24(23-12-14-26-15-13-23)22-16-8-4-3-5-9-16/h3-11H,2,12-15H2,1H3/p+1. The van der Waals surface area contributed by atoms with Crippen LogP contribution < -0.4 is 14.8 Å². The summed E-state index contributed by atoms with van der Waals surface area (Å²) in [4.78, 5) is 13.9. The van der Waals surface area contributed by atoms with Crippen molar-refractivity contribution in [1.82, 2.24) is 10.3 Å². The number of benzene rings is 2. The van der Waals surface area contributed by atoms with Crippen molar-refractivity contribution in [2.45, 2.75) is 13.0 Å². The van der Waals surface area contributed by atoms with Gasteiger partial charge in [0, 0.05) is 5.11 Å². The molecule has 1 saturated heterocycles. The Morgan fingerprint density at radius 1 is 1.10 bits per heavy atom. The van der Waals surface area contributed by atoms with Crippen LogP contribution in [0.4, 0.5) is 10.5 Å². The molecule has 1 fully saturated rings. The first-order chi connectivity index (χ1) is 14.2. The molecule has 9 nitrogen and oxygen atoms in total. The second-order valence-electron chi connectivity index (χ2n) is 6.37. The van der Waals surface area contributed by atoms with Crippen molar-refractivity contribution in [3.63, 3.8) is 0 Å². The maximum Gasteiger partial charge on any atom is 0.628 e. The van der Waals surface area contributed by atoms with Gasteiger partial charge in [-0.2, -0.15) is 5.32 Å². The molecular formula is C20H23N4O5+. The molecule has 29 heavy (non-hydrogen) atoms. The first kappa shape index (κ1) is 19.0. The number of morpholine rings is 1. The van der Waals surface area contributed by atoms with Gasteiger partial charge in [-0.05, 0) is 31.2 Å². The van der Waals surface area contributed by atoms with Gasteiger partial charge in [0.2, 0.25) is 0 Å². The Morgan fingerprint density at radius 2 is 1.72 bits per heavy atom. The largest absolute Gasteiger partial charge is 0.628 e. The van der Waals surface area contributed by atoms with E-state index in [0.29, 0.717) is 43.5 Å². The van der Waals surface area contributed by atoms with Gasteiger partial charge in [0.15, 0.2) is 11.5 Å². The Hall–Kier alpha value is -3.33. The van der Waals surface area contributed by atoms with Crippen LogP contribution in [0, 0.1) is 0 Å². The molecule has 2 aromatic carbocycles. The summed E-state index contributed by atoms with van der Waals surface area (Å²) in [5.41, 5.74) is 0.673. The van der Waals surface area contributed by atoms with E-state index in [9.17, 15) is 4.79 Å². The monoisotopic (exact) mass is 399 g/mol. The molecule has 1 N–H and O–H groups in total. The lowest BCUT2D eigenvalue weighted by atomic mass is 10.3. The van der Waals surface area contributed by atoms with E-state index in [2.05, 4.69) is 5.32 Å². The van der Waals surface area contributed by atoms with Crippen molar-refractivity contribution >= 4 is 11.8 Å². The van der Waals surface area contributed by atoms with Crippen LogP contribution in [0.15, 0.2) is 59.7 Å². The summed E-state index contributed by atoms with van der Waals surface area (Å²) in [6, 6.07) is 14.8. The molecule has 0 spiro atoms. The Morgan fingerprint density at radius 3 is 2.34 bits per heavy atom. The molecule has 2 aliphatic rings. The Balaban J connectivity index is 1.78. The number of hydrogen-bond acceptors (Lipinski definition) is 6. The highest BCUT2D eigenvalue weighted by atomic mass is 16.8. The van der Waals surface area contributed by atoms with Crippen molar-refractivity contribution in [3.8, 4) is 11.5 Å². The quantitative estimate of drug-likeness (QED) is 0.473. The number of hydrazine groups is 1. The number of ether oxygens (including phenoxy) is 4. The van der Waals surface area contributed by atoms with Gasteiger partial charge in [-0.1, -0.05) is 30.3 Å². The molecule has 2 aromatic rings. The maximum atomic E-state index is 12.4. The molecule has 4 rings (SSSR count). The second-order valence-corrected chi connectivity index (χ2v) is 6.37. The zero-order chi connectivity index (χ0) is 20.1. The number of hydrogen-bond donors (Lipinski definition) is 1. The summed E-state index contributed by atoms with van der Waals surface area (Å²) in [5.74, 6) is 0.983. The minimum Gasteiger partial charge on any atom is -0.450 e. The van der Waals surface area contributed by atoms with Crippen molar-refractivity contribution in [1.29, 1.82) is 0 Å². The number of azo groups is 1. The Bertz CT molecular complexity index is 858. The van der Waals surface area contributed by atoms with Crippen molar-refractivity contribution in [3.05, 3.63) is 54.6 Å². The van der Waals surface area contributed by atoms with Crippen LogP contribution in [0.5, 0.6) is 11.5 Å². The molecule has 1 amide bonds. The fraction of sp³-hybridized carbons (Fsp3) is 0.350. The van der Waals surface area contributed by atoms with Crippen LogP contribution >= 0.6 is 0 Å². The summed E-state index contributed by atoms with van der Waals surface area (Å²) < 4.78 is 22.8. The molecule has 0 bridgehead atoms. The first-order valence-electron chi connectivity index (χ1n) is 9.52. The van der Waals surface area contributed by atoms with Crippen molar-refractivity contribution < 1.29 is 28.5 Å². The van der Waals surface area contributed by atoms with Crippen molar-refractivity contribution in [2.24, 2.45) is 5.11 Å². The minimum atomic E-state index is -1.73. The molecule has 2 aliphatic heterocycles. The third-order valence-corrected chi connectivity index (χ3v) is 4.37. The fourth-order valence-electron chi connectivity index (χ4n) is 3.08. The van der Waals surface area contributed by atoms with E-state index < -0.39 is 12.1 Å². The van der Waals surface area contributed by atoms with Gasteiger partial charge in [-0.15, -0.1) is 5.01 Å². The van der Waals surface area contributed by atoms with Gasteiger partial charge in [0.1, 0.15) is 10.5 Å². The molecular weight excluding hydrogens is 376 g/mol. The normalized spacial score (nSPS) is 17.7. The van der Waals surface area contributed by atoms with Gasteiger partial charge < -0.3 is 18.9 Å². The number of amides is 1. The third kappa shape index (κ3) is 4.09. The highest BCUT2D eigenvalue weighted by Crippen LogP contribution is 2.39. The molecule has 0 radical (unpaired) electrons. The Kier molecular flexibility index (Phi) is 5.48. The third-order valence-electron chi connectivity index (χ3n) is 4.37. The fourth-order valence-corrected chi connectivity index (χ4v) is 3.08. The molecule has 0 atom stereocenters. The van der Waals surface area contributed by atoms with Gasteiger partial charge in [-0.3, -0.25) is 0 Å². The average molecular weight is 399 g/mol. The van der Waals surface area contributed by atoms with Crippen LogP contribution in [0.25, 0.3) is 0 Å². The van der Waals surface area contributed by atoms with Crippen molar-refractivity contribution in [2.75, 3.05) is 32.9 Å². The first-order valence-corrected chi connectivity index (χ1v) is 9.52. The molecule has 0 aliphatic carbocycles. The number of para-hydroxylation sites is 2. The molecule has 9 heteroatoms. The lowest BCUT2D eigenvalue weighted by Crippen LogP contribution is -2.67. The van der Waals surface area contributed by atoms with Crippen LogP contribution in [-0.4, -0.2) is 54.9 Å². The number of fused-ring (bicyclic) bond motifs is 1. The highest BCUT2D eigenvalue weighted by Gasteiger charge is 2.61. The predicted molar refractivity (Wildman–Crippen MR) is 102 cm³/mol. The molecule has 0 saturated carbocycles. The topological polar surface area (TPSA) is 84.6 Å². The number of carbonyl (C=O) groups excluding carboxylic acids is 1. The maximum absolute atomic E-state index is 12.4. The SMILES string of the molecule is CCOC(=O)NC1([N+](=Nc2ccccc2)N2CCOCC2)Oc2ccccc2O1. The summed E-state index contributed by atoms with van der Waals surface area (Å²) in [5, 5.41) is 9.33. The summed E-state index contributed by atoms with van der Waals surface area (Å²) in [6.45, 7) is 4.07. The lowest BCUT2D eigenvalue weighted by molar-refractivity contribution is -0.851. The van der Waals surface area contributed by atoms with E-state index in [-0.39, 0.29) is 6.61 Å². The number of nitrogens with one attached hydrogen (secondary N) is 1. The van der Waals surface area contributed by atoms with Crippen LogP contribution in [-0.2, 0) is 9.47 Å². The molecule has 0 unspecified atom stereocenters. The predicted octanol–water partition coefficient (Wildman–Crippen LogP) is 2.86. The number of nitrogens with zero attached hydrogens (tertiary/aromatic N) is 3. The average Bonchev–Trinajstić information content (AvgIpc) is 3.12. The zero-order valence-electron chi connectivity index (χ0n) is 16.1. The van der Waals surface area contributed by atoms with Gasteiger partial charge >= 0.3 is 12.1 Å². The minimum absolute atomic E-state index is 0.211. The van der Waals surface area contributed by atoms with Gasteiger partial charge in [0.05, 0.1) is 32.9 Å². The van der Waals surface area contributed by atoms with Crippen LogP contribution in [0.2, 0.25) is 0 Å². The smallest absolute Gasteiger partial charge is 0.450 e. The van der Waals surface area contributed by atoms with E-state index in [0.717, 1.165) is 0 Å². The van der Waals surface area contributed by atoms with Gasteiger partial charge in [0.25, 0.3) is 0 Å². The van der Waals surface area contributed by atoms with Crippen LogP contribution in [0.1, 0.15) is 6.92 Å². The van der Waals surface area contributed by atoms with E-state index in [4.69, 9.17) is 24.1 Å².